The van der Waals surface area contributed by atoms with Crippen molar-refractivity contribution >= 4 is 51.8 Å². The largest absolute Gasteiger partial charge is 0.463 e. The fourth-order valence-electron chi connectivity index (χ4n) is 2.78. The predicted octanol–water partition coefficient (Wildman–Crippen LogP) is 4.91. The number of aromatic amines is 1. The van der Waals surface area contributed by atoms with Crippen LogP contribution in [0.5, 0.6) is 0 Å². The Kier molecular flexibility index (Phi) is 6.90. The highest BCUT2D eigenvalue weighted by atomic mass is 35.5. The van der Waals surface area contributed by atoms with Crippen molar-refractivity contribution in [2.45, 2.75) is 19.8 Å². The van der Waals surface area contributed by atoms with Crippen LogP contribution < -0.4 is 5.32 Å². The maximum Gasteiger partial charge on any atom is 0.330 e. The molecule has 150 valence electrons. The van der Waals surface area contributed by atoms with E-state index in [1.807, 2.05) is 12.1 Å². The van der Waals surface area contributed by atoms with Gasteiger partial charge in [-0.1, -0.05) is 29.3 Å². The van der Waals surface area contributed by atoms with Gasteiger partial charge in [-0.2, -0.15) is 0 Å². The lowest BCUT2D eigenvalue weighted by Crippen LogP contribution is -2.12. The molecule has 3 rings (SSSR count). The third kappa shape index (κ3) is 5.82. The van der Waals surface area contributed by atoms with Crippen molar-refractivity contribution in [2.24, 2.45) is 0 Å². The van der Waals surface area contributed by atoms with E-state index < -0.39 is 5.97 Å². The number of halogens is 2. The molecule has 0 spiro atoms. The van der Waals surface area contributed by atoms with Crippen LogP contribution in [0.25, 0.3) is 11.0 Å². The fraction of sp³-hybridized carbons (Fsp3) is 0.190. The van der Waals surface area contributed by atoms with Crippen molar-refractivity contribution in [1.82, 2.24) is 9.97 Å². The summed E-state index contributed by atoms with van der Waals surface area (Å²) < 4.78 is 4.78. The summed E-state index contributed by atoms with van der Waals surface area (Å²) in [7, 11) is 0. The number of fused-ring (bicyclic) bond motifs is 1. The van der Waals surface area contributed by atoms with Gasteiger partial charge in [-0.05, 0) is 48.9 Å². The third-order valence-corrected chi connectivity index (χ3v) is 4.51. The molecule has 0 atom stereocenters. The van der Waals surface area contributed by atoms with Gasteiger partial charge in [0.1, 0.15) is 5.82 Å². The molecule has 1 heterocycles. The van der Waals surface area contributed by atoms with Crippen LogP contribution in [-0.2, 0) is 20.7 Å². The van der Waals surface area contributed by atoms with Crippen LogP contribution in [0.15, 0.2) is 48.6 Å². The van der Waals surface area contributed by atoms with Crippen LogP contribution in [0.2, 0.25) is 10.0 Å². The Bertz CT molecular complexity index is 1080. The maximum atomic E-state index is 12.2. The first-order chi connectivity index (χ1) is 13.9. The van der Waals surface area contributed by atoms with Gasteiger partial charge < -0.3 is 15.0 Å². The highest BCUT2D eigenvalue weighted by Gasteiger charge is 2.11. The lowest BCUT2D eigenvalue weighted by molar-refractivity contribution is -0.137. The zero-order chi connectivity index (χ0) is 20.8. The average Bonchev–Trinajstić information content (AvgIpc) is 3.05. The van der Waals surface area contributed by atoms with Crippen molar-refractivity contribution < 1.29 is 14.3 Å². The molecule has 0 fully saturated rings. The molecule has 0 saturated carbocycles. The lowest BCUT2D eigenvalue weighted by Gasteiger charge is -2.10. The van der Waals surface area contributed by atoms with Gasteiger partial charge in [0.2, 0.25) is 5.91 Å². The van der Waals surface area contributed by atoms with E-state index in [2.05, 4.69) is 15.3 Å². The van der Waals surface area contributed by atoms with Gasteiger partial charge in [-0.3, -0.25) is 4.79 Å². The van der Waals surface area contributed by atoms with Crippen LogP contribution in [0.3, 0.4) is 0 Å². The van der Waals surface area contributed by atoms with E-state index in [1.165, 1.54) is 12.2 Å². The Labute approximate surface area is 177 Å². The van der Waals surface area contributed by atoms with Crippen molar-refractivity contribution in [2.75, 3.05) is 11.9 Å². The molecule has 1 aromatic heterocycles. The third-order valence-electron chi connectivity index (χ3n) is 4.04. The number of hydrogen-bond donors (Lipinski definition) is 2. The van der Waals surface area contributed by atoms with Crippen molar-refractivity contribution in [3.8, 4) is 0 Å². The molecule has 0 aliphatic heterocycles. The number of ether oxygens (including phenoxy) is 1. The van der Waals surface area contributed by atoms with E-state index in [1.54, 1.807) is 31.2 Å². The number of benzene rings is 2. The van der Waals surface area contributed by atoms with Gasteiger partial charge in [-0.15, -0.1) is 0 Å². The number of nitrogens with zero attached hydrogens (tertiary/aromatic N) is 1. The average molecular weight is 432 g/mol. The quantitative estimate of drug-likeness (QED) is 0.411. The number of esters is 1. The number of H-pyrrole nitrogens is 1. The van der Waals surface area contributed by atoms with Crippen LogP contribution in [0, 0.1) is 0 Å². The van der Waals surface area contributed by atoms with Gasteiger partial charge in [0.05, 0.1) is 17.6 Å². The number of carbonyl (C=O) groups is 2. The molecule has 0 saturated heterocycles. The molecule has 0 bridgehead atoms. The molecule has 6 nitrogen and oxygen atoms in total. The normalized spacial score (nSPS) is 11.1. The summed E-state index contributed by atoms with van der Waals surface area (Å²) in [5.74, 6) is -0.00906. The zero-order valence-corrected chi connectivity index (χ0v) is 17.2. The van der Waals surface area contributed by atoms with Gasteiger partial charge in [0.15, 0.2) is 0 Å². The molecule has 8 heteroatoms. The number of carbonyl (C=O) groups excluding carboxylic acids is 2. The van der Waals surface area contributed by atoms with Crippen LogP contribution in [-0.4, -0.2) is 28.5 Å². The van der Waals surface area contributed by atoms with Gasteiger partial charge >= 0.3 is 5.97 Å². The molecular formula is C21H19Cl2N3O3. The summed E-state index contributed by atoms with van der Waals surface area (Å²) in [6.07, 6.45) is 3.20. The predicted molar refractivity (Wildman–Crippen MR) is 114 cm³/mol. The molecule has 29 heavy (non-hydrogen) atoms. The molecule has 0 aliphatic rings. The van der Waals surface area contributed by atoms with Crippen LogP contribution >= 0.6 is 23.2 Å². The summed E-state index contributed by atoms with van der Waals surface area (Å²) in [5, 5.41) is 4.02. The second kappa shape index (κ2) is 9.58. The Morgan fingerprint density at radius 1 is 1.17 bits per heavy atom. The van der Waals surface area contributed by atoms with Gasteiger partial charge in [0, 0.05) is 34.7 Å². The Balaban J connectivity index is 1.73. The van der Waals surface area contributed by atoms with Crippen LogP contribution in [0.1, 0.15) is 24.7 Å². The standard InChI is InChI=1S/C21H19Cl2N3O3/c1-2-29-21(28)5-3-4-20(27)26-16-8-6-14(22)10-13(16)11-19-24-17-9-7-15(23)12-18(17)25-19/h3,5-10,12H,2,4,11H2,1H3,(H,24,25)(H,26,27)/b5-3+. The van der Waals surface area contributed by atoms with E-state index in [9.17, 15) is 9.59 Å². The van der Waals surface area contributed by atoms with E-state index in [0.717, 1.165) is 22.4 Å². The summed E-state index contributed by atoms with van der Waals surface area (Å²) in [5.41, 5.74) is 3.08. The number of imidazole rings is 1. The second-order valence-corrected chi connectivity index (χ2v) is 7.10. The summed E-state index contributed by atoms with van der Waals surface area (Å²) in [6.45, 7) is 2.01. The van der Waals surface area contributed by atoms with Gasteiger partial charge in [0.25, 0.3) is 0 Å². The highest BCUT2D eigenvalue weighted by Crippen LogP contribution is 2.25. The molecule has 0 aliphatic carbocycles. The van der Waals surface area contributed by atoms with E-state index >= 15 is 0 Å². The Hall–Kier alpha value is -2.83. The molecular weight excluding hydrogens is 413 g/mol. The Morgan fingerprint density at radius 3 is 2.72 bits per heavy atom. The smallest absolute Gasteiger partial charge is 0.330 e. The first-order valence-corrected chi connectivity index (χ1v) is 9.76. The number of anilines is 1. The molecule has 3 aromatic rings. The van der Waals surface area contributed by atoms with E-state index in [4.69, 9.17) is 27.9 Å². The number of nitrogens with one attached hydrogen (secondary N) is 2. The minimum absolute atomic E-state index is 0.0457. The molecule has 2 N–H and O–H groups in total. The van der Waals surface area contributed by atoms with Crippen molar-refractivity contribution in [3.05, 3.63) is 70.0 Å². The highest BCUT2D eigenvalue weighted by molar-refractivity contribution is 6.31. The topological polar surface area (TPSA) is 84.1 Å². The summed E-state index contributed by atoms with van der Waals surface area (Å²) in [4.78, 5) is 31.3. The molecule has 2 aromatic carbocycles. The number of amides is 1. The van der Waals surface area contributed by atoms with Crippen LogP contribution in [0.4, 0.5) is 5.69 Å². The lowest BCUT2D eigenvalue weighted by atomic mass is 10.1. The molecule has 0 radical (unpaired) electrons. The number of hydrogen-bond acceptors (Lipinski definition) is 4. The van der Waals surface area contributed by atoms with E-state index in [0.29, 0.717) is 22.2 Å². The first-order valence-electron chi connectivity index (χ1n) is 9.00. The summed E-state index contributed by atoms with van der Waals surface area (Å²) >= 11 is 12.2. The summed E-state index contributed by atoms with van der Waals surface area (Å²) in [6, 6.07) is 10.7. The van der Waals surface area contributed by atoms with E-state index in [-0.39, 0.29) is 18.9 Å². The molecule has 0 unspecified atom stereocenters. The SMILES string of the molecule is CCOC(=O)/C=C/CC(=O)Nc1ccc(Cl)cc1Cc1nc2ccc(Cl)cc2[nH]1. The second-order valence-electron chi connectivity index (χ2n) is 6.23. The maximum absolute atomic E-state index is 12.2. The number of aromatic nitrogens is 2. The fourth-order valence-corrected chi connectivity index (χ4v) is 3.15. The van der Waals surface area contributed by atoms with Gasteiger partial charge in [-0.25, -0.2) is 9.78 Å². The number of rotatable bonds is 7. The molecule has 1 amide bonds. The minimum Gasteiger partial charge on any atom is -0.463 e. The Morgan fingerprint density at radius 2 is 1.93 bits per heavy atom. The monoisotopic (exact) mass is 431 g/mol. The zero-order valence-electron chi connectivity index (χ0n) is 15.7. The minimum atomic E-state index is -0.475. The first kappa shape index (κ1) is 20.9. The van der Waals surface area contributed by atoms with Crippen molar-refractivity contribution in [1.29, 1.82) is 0 Å². The van der Waals surface area contributed by atoms with Crippen molar-refractivity contribution in [3.63, 3.8) is 0 Å².